The molecule has 1 aromatic heterocycles. The lowest BCUT2D eigenvalue weighted by molar-refractivity contribution is 0.421. The van der Waals surface area contributed by atoms with Gasteiger partial charge >= 0.3 is 0 Å². The normalized spacial score (nSPS) is 11.1. The Hall–Kier alpha value is -2.94. The SMILES string of the molecule is CCCCc1noc(-c2ccc(-c3cccc4ccccc34)cc2)n1. The predicted molar refractivity (Wildman–Crippen MR) is 101 cm³/mol. The zero-order valence-corrected chi connectivity index (χ0v) is 14.3. The molecule has 1 heterocycles. The largest absolute Gasteiger partial charge is 0.334 e. The maximum absolute atomic E-state index is 5.40. The van der Waals surface area contributed by atoms with E-state index in [1.54, 1.807) is 0 Å². The van der Waals surface area contributed by atoms with E-state index in [1.165, 1.54) is 21.9 Å². The smallest absolute Gasteiger partial charge is 0.257 e. The number of aromatic nitrogens is 2. The molecule has 0 fully saturated rings. The van der Waals surface area contributed by atoms with Crippen molar-refractivity contribution in [1.82, 2.24) is 10.1 Å². The Balaban J connectivity index is 1.64. The fourth-order valence-corrected chi connectivity index (χ4v) is 3.08. The summed E-state index contributed by atoms with van der Waals surface area (Å²) in [6.07, 6.45) is 3.08. The van der Waals surface area contributed by atoms with Crippen molar-refractivity contribution in [3.8, 4) is 22.6 Å². The molecule has 3 heteroatoms. The summed E-state index contributed by atoms with van der Waals surface area (Å²) >= 11 is 0. The van der Waals surface area contributed by atoms with Crippen LogP contribution in [-0.4, -0.2) is 10.1 Å². The first kappa shape index (κ1) is 15.6. The Kier molecular flexibility index (Phi) is 4.30. The molecule has 0 spiro atoms. The fourth-order valence-electron chi connectivity index (χ4n) is 3.08. The maximum Gasteiger partial charge on any atom is 0.257 e. The van der Waals surface area contributed by atoms with Gasteiger partial charge in [-0.15, -0.1) is 0 Å². The second-order valence-corrected chi connectivity index (χ2v) is 6.22. The second kappa shape index (κ2) is 6.89. The van der Waals surface area contributed by atoms with Crippen molar-refractivity contribution in [2.75, 3.05) is 0 Å². The summed E-state index contributed by atoms with van der Waals surface area (Å²) in [5.41, 5.74) is 3.38. The first-order chi connectivity index (χ1) is 12.3. The summed E-state index contributed by atoms with van der Waals surface area (Å²) in [6, 6.07) is 23.2. The molecule has 25 heavy (non-hydrogen) atoms. The number of nitrogens with zero attached hydrogens (tertiary/aromatic N) is 2. The van der Waals surface area contributed by atoms with E-state index in [-0.39, 0.29) is 0 Å². The van der Waals surface area contributed by atoms with E-state index in [2.05, 4.69) is 71.7 Å². The molecule has 4 aromatic rings. The van der Waals surface area contributed by atoms with E-state index in [0.29, 0.717) is 5.89 Å². The lowest BCUT2D eigenvalue weighted by atomic mass is 9.97. The van der Waals surface area contributed by atoms with Crippen LogP contribution in [0, 0.1) is 0 Å². The predicted octanol–water partition coefficient (Wildman–Crippen LogP) is 5.90. The van der Waals surface area contributed by atoms with Gasteiger partial charge in [0.15, 0.2) is 5.82 Å². The third-order valence-electron chi connectivity index (χ3n) is 4.45. The highest BCUT2D eigenvalue weighted by molar-refractivity contribution is 5.96. The van der Waals surface area contributed by atoms with Crippen LogP contribution in [0.1, 0.15) is 25.6 Å². The Morgan fingerprint density at radius 3 is 2.44 bits per heavy atom. The molecule has 0 radical (unpaired) electrons. The summed E-state index contributed by atoms with van der Waals surface area (Å²) in [6.45, 7) is 2.16. The van der Waals surface area contributed by atoms with Crippen LogP contribution < -0.4 is 0 Å². The maximum atomic E-state index is 5.40. The Morgan fingerprint density at radius 1 is 0.840 bits per heavy atom. The topological polar surface area (TPSA) is 38.9 Å². The summed E-state index contributed by atoms with van der Waals surface area (Å²) < 4.78 is 5.40. The monoisotopic (exact) mass is 328 g/mol. The third-order valence-corrected chi connectivity index (χ3v) is 4.45. The Bertz CT molecular complexity index is 981. The highest BCUT2D eigenvalue weighted by Gasteiger charge is 2.09. The van der Waals surface area contributed by atoms with Gasteiger partial charge in [0, 0.05) is 12.0 Å². The molecular formula is C22H20N2O. The molecule has 0 saturated heterocycles. The van der Waals surface area contributed by atoms with Gasteiger partial charge in [-0.1, -0.05) is 73.1 Å². The van der Waals surface area contributed by atoms with Gasteiger partial charge in [0.05, 0.1) is 0 Å². The summed E-state index contributed by atoms with van der Waals surface area (Å²) in [4.78, 5) is 4.49. The summed E-state index contributed by atoms with van der Waals surface area (Å²) in [5, 5.41) is 6.58. The van der Waals surface area contributed by atoms with Crippen LogP contribution in [0.4, 0.5) is 0 Å². The van der Waals surface area contributed by atoms with Gasteiger partial charge in [-0.3, -0.25) is 0 Å². The summed E-state index contributed by atoms with van der Waals surface area (Å²) in [7, 11) is 0. The quantitative estimate of drug-likeness (QED) is 0.458. The molecule has 0 N–H and O–H groups in total. The molecular weight excluding hydrogens is 308 g/mol. The standard InChI is InChI=1S/C22H20N2O/c1-2-3-11-21-23-22(25-24-21)18-14-12-17(13-15-18)20-10-6-8-16-7-4-5-9-19(16)20/h4-10,12-15H,2-3,11H2,1H3. The number of fused-ring (bicyclic) bond motifs is 1. The van der Waals surface area contributed by atoms with E-state index < -0.39 is 0 Å². The minimum Gasteiger partial charge on any atom is -0.334 e. The van der Waals surface area contributed by atoms with Crippen molar-refractivity contribution in [3.63, 3.8) is 0 Å². The Labute approximate surface area is 147 Å². The van der Waals surface area contributed by atoms with E-state index in [0.717, 1.165) is 30.7 Å². The number of hydrogen-bond donors (Lipinski definition) is 0. The summed E-state index contributed by atoms with van der Waals surface area (Å²) in [5.74, 6) is 1.38. The molecule has 4 rings (SSSR count). The van der Waals surface area contributed by atoms with Crippen molar-refractivity contribution in [2.45, 2.75) is 26.2 Å². The van der Waals surface area contributed by atoms with E-state index in [4.69, 9.17) is 4.52 Å². The number of rotatable bonds is 5. The minimum absolute atomic E-state index is 0.593. The molecule has 0 aliphatic carbocycles. The zero-order chi connectivity index (χ0) is 17.1. The number of aryl methyl sites for hydroxylation is 1. The molecule has 0 aliphatic heterocycles. The second-order valence-electron chi connectivity index (χ2n) is 6.22. The number of hydrogen-bond acceptors (Lipinski definition) is 3. The lowest BCUT2D eigenvalue weighted by Gasteiger charge is -2.07. The molecule has 0 aliphatic rings. The van der Waals surface area contributed by atoms with Crippen LogP contribution in [0.25, 0.3) is 33.4 Å². The minimum atomic E-state index is 0.593. The van der Waals surface area contributed by atoms with Crippen molar-refractivity contribution in [1.29, 1.82) is 0 Å². The highest BCUT2D eigenvalue weighted by atomic mass is 16.5. The van der Waals surface area contributed by atoms with Crippen LogP contribution in [0.5, 0.6) is 0 Å². The average molecular weight is 328 g/mol. The Morgan fingerprint density at radius 2 is 1.60 bits per heavy atom. The van der Waals surface area contributed by atoms with E-state index in [9.17, 15) is 0 Å². The van der Waals surface area contributed by atoms with Gasteiger partial charge in [-0.25, -0.2) is 0 Å². The lowest BCUT2D eigenvalue weighted by Crippen LogP contribution is -1.87. The first-order valence-electron chi connectivity index (χ1n) is 8.76. The molecule has 3 aromatic carbocycles. The molecule has 0 atom stereocenters. The van der Waals surface area contributed by atoms with Crippen LogP contribution in [0.2, 0.25) is 0 Å². The molecule has 0 saturated carbocycles. The first-order valence-corrected chi connectivity index (χ1v) is 8.76. The third kappa shape index (κ3) is 3.18. The number of unbranched alkanes of at least 4 members (excludes halogenated alkanes) is 1. The van der Waals surface area contributed by atoms with Gasteiger partial charge in [-0.05, 0) is 40.5 Å². The van der Waals surface area contributed by atoms with Crippen molar-refractivity contribution in [2.24, 2.45) is 0 Å². The van der Waals surface area contributed by atoms with Gasteiger partial charge < -0.3 is 4.52 Å². The molecule has 0 bridgehead atoms. The van der Waals surface area contributed by atoms with E-state index >= 15 is 0 Å². The van der Waals surface area contributed by atoms with Crippen LogP contribution in [0.15, 0.2) is 71.3 Å². The van der Waals surface area contributed by atoms with Crippen LogP contribution >= 0.6 is 0 Å². The van der Waals surface area contributed by atoms with Crippen LogP contribution in [0.3, 0.4) is 0 Å². The molecule has 0 unspecified atom stereocenters. The molecule has 124 valence electrons. The van der Waals surface area contributed by atoms with Crippen molar-refractivity contribution >= 4 is 10.8 Å². The van der Waals surface area contributed by atoms with Gasteiger partial charge in [0.1, 0.15) is 0 Å². The van der Waals surface area contributed by atoms with E-state index in [1.807, 2.05) is 12.1 Å². The fraction of sp³-hybridized carbons (Fsp3) is 0.182. The zero-order valence-electron chi connectivity index (χ0n) is 14.3. The van der Waals surface area contributed by atoms with Crippen LogP contribution in [-0.2, 0) is 6.42 Å². The molecule has 0 amide bonds. The van der Waals surface area contributed by atoms with Crippen molar-refractivity contribution < 1.29 is 4.52 Å². The molecule has 3 nitrogen and oxygen atoms in total. The van der Waals surface area contributed by atoms with Crippen molar-refractivity contribution in [3.05, 3.63) is 72.6 Å². The van der Waals surface area contributed by atoms with Gasteiger partial charge in [0.2, 0.25) is 0 Å². The average Bonchev–Trinajstić information content (AvgIpc) is 3.15. The highest BCUT2D eigenvalue weighted by Crippen LogP contribution is 2.30. The van der Waals surface area contributed by atoms with Gasteiger partial charge in [0.25, 0.3) is 5.89 Å². The number of benzene rings is 3. The van der Waals surface area contributed by atoms with Gasteiger partial charge in [-0.2, -0.15) is 4.98 Å².